The number of carbonyl (C=O) groups is 1. The molecular formula is C15H13Cl2NO2. The Hall–Kier alpha value is -1.58. The molecule has 0 saturated heterocycles. The molecule has 5 heteroatoms. The molecule has 0 fully saturated rings. The van der Waals surface area contributed by atoms with E-state index in [1.54, 1.807) is 25.1 Å². The van der Waals surface area contributed by atoms with Crippen molar-refractivity contribution in [2.75, 3.05) is 0 Å². The van der Waals surface area contributed by atoms with Crippen LogP contribution in [0.2, 0.25) is 10.0 Å². The van der Waals surface area contributed by atoms with Crippen LogP contribution in [-0.2, 0) is 6.42 Å². The lowest BCUT2D eigenvalue weighted by molar-refractivity contribution is 0.103. The van der Waals surface area contributed by atoms with Crippen LogP contribution in [0.5, 0.6) is 0 Å². The van der Waals surface area contributed by atoms with Crippen molar-refractivity contribution in [1.82, 2.24) is 4.98 Å². The smallest absolute Gasteiger partial charge is 0.251 e. The fourth-order valence-electron chi connectivity index (χ4n) is 1.97. The lowest BCUT2D eigenvalue weighted by Crippen LogP contribution is -2.17. The van der Waals surface area contributed by atoms with Crippen molar-refractivity contribution in [2.45, 2.75) is 20.3 Å². The van der Waals surface area contributed by atoms with E-state index in [2.05, 4.69) is 4.98 Å². The Kier molecular flexibility index (Phi) is 4.31. The van der Waals surface area contributed by atoms with Crippen LogP contribution in [0.15, 0.2) is 29.1 Å². The van der Waals surface area contributed by atoms with Crippen molar-refractivity contribution in [3.8, 4) is 0 Å². The molecule has 2 aromatic rings. The van der Waals surface area contributed by atoms with E-state index in [0.717, 1.165) is 0 Å². The van der Waals surface area contributed by atoms with Crippen LogP contribution in [0.1, 0.15) is 34.1 Å². The molecule has 0 bridgehead atoms. The number of rotatable bonds is 3. The van der Waals surface area contributed by atoms with E-state index in [9.17, 15) is 9.59 Å². The summed E-state index contributed by atoms with van der Waals surface area (Å²) in [5.74, 6) is -0.220. The number of nitrogens with one attached hydrogen (secondary N) is 1. The van der Waals surface area contributed by atoms with E-state index in [1.165, 1.54) is 6.07 Å². The topological polar surface area (TPSA) is 49.9 Å². The summed E-state index contributed by atoms with van der Waals surface area (Å²) in [7, 11) is 0. The van der Waals surface area contributed by atoms with E-state index in [-0.39, 0.29) is 11.3 Å². The molecule has 0 saturated carbocycles. The molecule has 1 aromatic carbocycles. The Bertz CT molecular complexity index is 735. The van der Waals surface area contributed by atoms with Gasteiger partial charge in [-0.05, 0) is 37.6 Å². The normalized spacial score (nSPS) is 10.6. The van der Waals surface area contributed by atoms with Crippen molar-refractivity contribution in [3.63, 3.8) is 0 Å². The summed E-state index contributed by atoms with van der Waals surface area (Å²) in [6.45, 7) is 3.54. The molecule has 0 amide bonds. The molecule has 1 heterocycles. The predicted molar refractivity (Wildman–Crippen MR) is 81.1 cm³/mol. The second kappa shape index (κ2) is 5.81. The third kappa shape index (κ3) is 2.79. The van der Waals surface area contributed by atoms with Gasteiger partial charge in [0.1, 0.15) is 0 Å². The largest absolute Gasteiger partial charge is 0.325 e. The highest BCUT2D eigenvalue weighted by Gasteiger charge is 2.17. The minimum absolute atomic E-state index is 0.180. The molecule has 0 atom stereocenters. The van der Waals surface area contributed by atoms with Crippen LogP contribution >= 0.6 is 23.2 Å². The second-order valence-corrected chi connectivity index (χ2v) is 5.32. The average molecular weight is 310 g/mol. The molecule has 0 unspecified atom stereocenters. The quantitative estimate of drug-likeness (QED) is 0.877. The Morgan fingerprint density at radius 3 is 2.50 bits per heavy atom. The number of ketones is 1. The monoisotopic (exact) mass is 309 g/mol. The molecule has 0 aliphatic heterocycles. The number of H-pyrrole nitrogens is 1. The maximum absolute atomic E-state index is 12.6. The van der Waals surface area contributed by atoms with Crippen molar-refractivity contribution in [3.05, 3.63) is 67.0 Å². The minimum atomic E-state index is -0.220. The first kappa shape index (κ1) is 14.8. The Morgan fingerprint density at radius 1 is 1.20 bits per heavy atom. The highest BCUT2D eigenvalue weighted by atomic mass is 35.5. The van der Waals surface area contributed by atoms with Gasteiger partial charge in [-0.1, -0.05) is 30.1 Å². The maximum Gasteiger partial charge on any atom is 0.251 e. The molecule has 0 spiro atoms. The molecule has 3 nitrogen and oxygen atoms in total. The van der Waals surface area contributed by atoms with Gasteiger partial charge in [0.25, 0.3) is 5.56 Å². The highest BCUT2D eigenvalue weighted by molar-refractivity contribution is 6.37. The van der Waals surface area contributed by atoms with E-state index >= 15 is 0 Å². The van der Waals surface area contributed by atoms with Gasteiger partial charge in [0, 0.05) is 27.4 Å². The number of carbonyl (C=O) groups excluding carboxylic acids is 1. The van der Waals surface area contributed by atoms with Crippen LogP contribution < -0.4 is 5.56 Å². The van der Waals surface area contributed by atoms with Gasteiger partial charge < -0.3 is 4.98 Å². The molecule has 0 aliphatic rings. The number of pyridine rings is 1. The number of hydrogen-bond donors (Lipinski definition) is 1. The Morgan fingerprint density at radius 2 is 1.90 bits per heavy atom. The van der Waals surface area contributed by atoms with Crippen LogP contribution in [0.3, 0.4) is 0 Å². The summed E-state index contributed by atoms with van der Waals surface area (Å²) in [6.07, 6.45) is 0.557. The molecule has 0 radical (unpaired) electrons. The molecule has 20 heavy (non-hydrogen) atoms. The van der Waals surface area contributed by atoms with Gasteiger partial charge in [0.15, 0.2) is 5.78 Å². The number of benzene rings is 1. The first-order valence-corrected chi connectivity index (χ1v) is 6.92. The Balaban J connectivity index is 2.58. The standard InChI is InChI=1S/C15H13Cl2NO2/c1-3-13-11(6-8(2)15(20)18-13)14(19)10-5-4-9(16)7-12(10)17/h4-7H,3H2,1-2H3,(H,18,20). The summed E-state index contributed by atoms with van der Waals surface area (Å²) in [4.78, 5) is 26.9. The maximum atomic E-state index is 12.6. The first-order valence-electron chi connectivity index (χ1n) is 6.16. The lowest BCUT2D eigenvalue weighted by atomic mass is 9.99. The summed E-state index contributed by atoms with van der Waals surface area (Å²) in [5.41, 5.74) is 1.76. The Labute approximate surface area is 126 Å². The molecule has 2 rings (SSSR count). The number of aromatic nitrogens is 1. The summed E-state index contributed by atoms with van der Waals surface area (Å²) in [6, 6.07) is 6.34. The zero-order chi connectivity index (χ0) is 14.9. The summed E-state index contributed by atoms with van der Waals surface area (Å²) >= 11 is 11.9. The SMILES string of the molecule is CCc1[nH]c(=O)c(C)cc1C(=O)c1ccc(Cl)cc1Cl. The zero-order valence-electron chi connectivity index (χ0n) is 11.1. The molecule has 1 aromatic heterocycles. The summed E-state index contributed by atoms with van der Waals surface area (Å²) in [5, 5.41) is 0.772. The lowest BCUT2D eigenvalue weighted by Gasteiger charge is -2.09. The van der Waals surface area contributed by atoms with Crippen LogP contribution in [0.25, 0.3) is 0 Å². The minimum Gasteiger partial charge on any atom is -0.325 e. The summed E-state index contributed by atoms with van der Waals surface area (Å²) < 4.78 is 0. The van der Waals surface area contributed by atoms with Gasteiger partial charge in [0.05, 0.1) is 5.02 Å². The van der Waals surface area contributed by atoms with Gasteiger partial charge in [-0.15, -0.1) is 0 Å². The van der Waals surface area contributed by atoms with Crippen molar-refractivity contribution in [1.29, 1.82) is 0 Å². The fraction of sp³-hybridized carbons (Fsp3) is 0.200. The molecule has 1 N–H and O–H groups in total. The van der Waals surface area contributed by atoms with E-state index in [1.807, 2.05) is 6.92 Å². The second-order valence-electron chi connectivity index (χ2n) is 4.48. The predicted octanol–water partition coefficient (Wildman–Crippen LogP) is 3.78. The number of hydrogen-bond acceptors (Lipinski definition) is 2. The van der Waals surface area contributed by atoms with E-state index in [4.69, 9.17) is 23.2 Å². The number of aromatic amines is 1. The van der Waals surface area contributed by atoms with Crippen LogP contribution in [-0.4, -0.2) is 10.8 Å². The number of halogens is 2. The average Bonchev–Trinajstić information content (AvgIpc) is 2.40. The zero-order valence-corrected chi connectivity index (χ0v) is 12.6. The number of aryl methyl sites for hydroxylation is 2. The van der Waals surface area contributed by atoms with Crippen molar-refractivity contribution < 1.29 is 4.79 Å². The van der Waals surface area contributed by atoms with E-state index < -0.39 is 0 Å². The van der Waals surface area contributed by atoms with Crippen LogP contribution in [0, 0.1) is 6.92 Å². The van der Waals surface area contributed by atoms with Gasteiger partial charge in [-0.2, -0.15) is 0 Å². The van der Waals surface area contributed by atoms with Gasteiger partial charge in [-0.3, -0.25) is 9.59 Å². The third-order valence-electron chi connectivity index (χ3n) is 3.08. The van der Waals surface area contributed by atoms with Crippen LogP contribution in [0.4, 0.5) is 0 Å². The third-order valence-corrected chi connectivity index (χ3v) is 3.63. The first-order chi connectivity index (χ1) is 9.43. The highest BCUT2D eigenvalue weighted by Crippen LogP contribution is 2.24. The van der Waals surface area contributed by atoms with Gasteiger partial charge >= 0.3 is 0 Å². The van der Waals surface area contributed by atoms with E-state index in [0.29, 0.717) is 38.9 Å². The molecular weight excluding hydrogens is 297 g/mol. The van der Waals surface area contributed by atoms with Crippen molar-refractivity contribution in [2.24, 2.45) is 0 Å². The molecule has 104 valence electrons. The van der Waals surface area contributed by atoms with Gasteiger partial charge in [-0.25, -0.2) is 0 Å². The van der Waals surface area contributed by atoms with Crippen molar-refractivity contribution >= 4 is 29.0 Å². The van der Waals surface area contributed by atoms with Gasteiger partial charge in [0.2, 0.25) is 0 Å². The molecule has 0 aliphatic carbocycles. The fourth-order valence-corrected chi connectivity index (χ4v) is 2.47.